The molecule has 2 rings (SSSR count). The first kappa shape index (κ1) is 13.1. The predicted octanol–water partition coefficient (Wildman–Crippen LogP) is 3.13. The number of hydrogen-bond donors (Lipinski definition) is 1. The van der Waals surface area contributed by atoms with Crippen molar-refractivity contribution >= 4 is 5.69 Å². The van der Waals surface area contributed by atoms with Gasteiger partial charge in [-0.2, -0.15) is 0 Å². The summed E-state index contributed by atoms with van der Waals surface area (Å²) < 4.78 is 37.1. The molecular formula is C14H13F2NO2. The lowest BCUT2D eigenvalue weighted by Gasteiger charge is -2.10. The summed E-state index contributed by atoms with van der Waals surface area (Å²) >= 11 is 0. The standard InChI is InChI=1S/C14H13F2NO2/c1-18-14-6-5-9(7-13(14)17)19-8-10-11(15)3-2-4-12(10)16/h2-7H,8,17H2,1H3. The van der Waals surface area contributed by atoms with Crippen molar-refractivity contribution in [2.45, 2.75) is 6.61 Å². The lowest BCUT2D eigenvalue weighted by molar-refractivity contribution is 0.292. The van der Waals surface area contributed by atoms with Crippen molar-refractivity contribution in [2.24, 2.45) is 0 Å². The van der Waals surface area contributed by atoms with E-state index in [0.717, 1.165) is 0 Å². The second kappa shape index (κ2) is 5.56. The van der Waals surface area contributed by atoms with Crippen molar-refractivity contribution in [1.29, 1.82) is 0 Å². The second-order valence-electron chi connectivity index (χ2n) is 3.89. The largest absolute Gasteiger partial charge is 0.495 e. The Hall–Kier alpha value is -2.30. The molecule has 0 unspecified atom stereocenters. The molecule has 0 saturated heterocycles. The highest BCUT2D eigenvalue weighted by atomic mass is 19.1. The van der Waals surface area contributed by atoms with Crippen LogP contribution in [0, 0.1) is 11.6 Å². The van der Waals surface area contributed by atoms with Gasteiger partial charge in [-0.15, -0.1) is 0 Å². The van der Waals surface area contributed by atoms with Gasteiger partial charge >= 0.3 is 0 Å². The fraction of sp³-hybridized carbons (Fsp3) is 0.143. The maximum Gasteiger partial charge on any atom is 0.142 e. The quantitative estimate of drug-likeness (QED) is 0.864. The highest BCUT2D eigenvalue weighted by Crippen LogP contribution is 2.26. The Kier molecular flexibility index (Phi) is 3.85. The Morgan fingerprint density at radius 2 is 1.79 bits per heavy atom. The third kappa shape index (κ3) is 2.93. The molecule has 0 fully saturated rings. The van der Waals surface area contributed by atoms with Crippen LogP contribution in [0.4, 0.5) is 14.5 Å². The maximum absolute atomic E-state index is 13.4. The first-order chi connectivity index (χ1) is 9.11. The summed E-state index contributed by atoms with van der Waals surface area (Å²) in [7, 11) is 1.50. The minimum atomic E-state index is -0.638. The third-order valence-electron chi connectivity index (χ3n) is 2.65. The van der Waals surface area contributed by atoms with Gasteiger partial charge < -0.3 is 15.2 Å². The molecule has 2 aromatic rings. The fourth-order valence-corrected chi connectivity index (χ4v) is 1.63. The van der Waals surface area contributed by atoms with Crippen LogP contribution in [0.15, 0.2) is 36.4 Å². The lowest BCUT2D eigenvalue weighted by atomic mass is 10.2. The summed E-state index contributed by atoms with van der Waals surface area (Å²) in [5, 5.41) is 0. The molecule has 0 heterocycles. The van der Waals surface area contributed by atoms with Gasteiger partial charge in [0.15, 0.2) is 0 Å². The molecular weight excluding hydrogens is 252 g/mol. The van der Waals surface area contributed by atoms with Crippen LogP contribution in [0.1, 0.15) is 5.56 Å². The van der Waals surface area contributed by atoms with E-state index in [0.29, 0.717) is 17.2 Å². The monoisotopic (exact) mass is 265 g/mol. The van der Waals surface area contributed by atoms with Gasteiger partial charge in [0.2, 0.25) is 0 Å². The topological polar surface area (TPSA) is 44.5 Å². The van der Waals surface area contributed by atoms with E-state index < -0.39 is 11.6 Å². The summed E-state index contributed by atoms with van der Waals surface area (Å²) in [6, 6.07) is 8.46. The molecule has 0 spiro atoms. The first-order valence-corrected chi connectivity index (χ1v) is 5.61. The van der Waals surface area contributed by atoms with Crippen molar-refractivity contribution in [3.05, 3.63) is 53.6 Å². The number of rotatable bonds is 4. The van der Waals surface area contributed by atoms with Gasteiger partial charge in [-0.1, -0.05) is 6.07 Å². The predicted molar refractivity (Wildman–Crippen MR) is 68.1 cm³/mol. The van der Waals surface area contributed by atoms with Gasteiger partial charge in [-0.05, 0) is 24.3 Å². The van der Waals surface area contributed by atoms with Gasteiger partial charge in [0.1, 0.15) is 29.7 Å². The second-order valence-corrected chi connectivity index (χ2v) is 3.89. The average Bonchev–Trinajstić information content (AvgIpc) is 2.38. The van der Waals surface area contributed by atoms with Gasteiger partial charge in [0.25, 0.3) is 0 Å². The SMILES string of the molecule is COc1ccc(OCc2c(F)cccc2F)cc1N. The molecule has 2 aromatic carbocycles. The third-order valence-corrected chi connectivity index (χ3v) is 2.65. The van der Waals surface area contributed by atoms with Gasteiger partial charge in [-0.3, -0.25) is 0 Å². The lowest BCUT2D eigenvalue weighted by Crippen LogP contribution is -2.02. The van der Waals surface area contributed by atoms with E-state index in [1.807, 2.05) is 0 Å². The van der Waals surface area contributed by atoms with Crippen LogP contribution >= 0.6 is 0 Å². The van der Waals surface area contributed by atoms with Crippen LogP contribution < -0.4 is 15.2 Å². The molecule has 0 atom stereocenters. The molecule has 0 aliphatic carbocycles. The smallest absolute Gasteiger partial charge is 0.142 e. The summed E-state index contributed by atoms with van der Waals surface area (Å²) in [5.74, 6) is -0.339. The molecule has 5 heteroatoms. The summed E-state index contributed by atoms with van der Waals surface area (Å²) in [4.78, 5) is 0. The van der Waals surface area contributed by atoms with E-state index in [2.05, 4.69) is 0 Å². The number of ether oxygens (including phenoxy) is 2. The number of nitrogens with two attached hydrogens (primary N) is 1. The van der Waals surface area contributed by atoms with Crippen LogP contribution in [0.25, 0.3) is 0 Å². The normalized spacial score (nSPS) is 10.3. The van der Waals surface area contributed by atoms with E-state index in [4.69, 9.17) is 15.2 Å². The number of methoxy groups -OCH3 is 1. The zero-order chi connectivity index (χ0) is 13.8. The number of hydrogen-bond acceptors (Lipinski definition) is 3. The minimum absolute atomic E-state index is 0.114. The van der Waals surface area contributed by atoms with E-state index in [-0.39, 0.29) is 12.2 Å². The Bertz CT molecular complexity index is 567. The highest BCUT2D eigenvalue weighted by molar-refractivity contribution is 5.56. The zero-order valence-corrected chi connectivity index (χ0v) is 10.3. The van der Waals surface area contributed by atoms with E-state index >= 15 is 0 Å². The molecule has 3 nitrogen and oxygen atoms in total. The summed E-state index contributed by atoms with van der Waals surface area (Å²) in [6.45, 7) is -0.204. The van der Waals surface area contributed by atoms with Crippen LogP contribution in [0.5, 0.6) is 11.5 Å². The number of nitrogen functional groups attached to an aromatic ring is 1. The Morgan fingerprint density at radius 1 is 1.11 bits per heavy atom. The first-order valence-electron chi connectivity index (χ1n) is 5.61. The molecule has 100 valence electrons. The van der Waals surface area contributed by atoms with Crippen molar-refractivity contribution in [1.82, 2.24) is 0 Å². The van der Waals surface area contributed by atoms with E-state index in [9.17, 15) is 8.78 Å². The zero-order valence-electron chi connectivity index (χ0n) is 10.3. The molecule has 0 radical (unpaired) electrons. The summed E-state index contributed by atoms with van der Waals surface area (Å²) in [6.07, 6.45) is 0. The minimum Gasteiger partial charge on any atom is -0.495 e. The number of anilines is 1. The van der Waals surface area contributed by atoms with Gasteiger partial charge in [0.05, 0.1) is 18.4 Å². The molecule has 0 aliphatic heterocycles. The van der Waals surface area contributed by atoms with E-state index in [1.165, 1.54) is 31.4 Å². The van der Waals surface area contributed by atoms with Gasteiger partial charge in [-0.25, -0.2) is 8.78 Å². The number of halogens is 2. The molecule has 0 bridgehead atoms. The molecule has 19 heavy (non-hydrogen) atoms. The van der Waals surface area contributed by atoms with Crippen LogP contribution in [0.2, 0.25) is 0 Å². The van der Waals surface area contributed by atoms with Crippen LogP contribution in [0.3, 0.4) is 0 Å². The Morgan fingerprint density at radius 3 is 2.37 bits per heavy atom. The molecule has 0 amide bonds. The number of benzene rings is 2. The van der Waals surface area contributed by atoms with Crippen molar-refractivity contribution < 1.29 is 18.3 Å². The van der Waals surface area contributed by atoms with Crippen molar-refractivity contribution in [3.63, 3.8) is 0 Å². The molecule has 0 aliphatic rings. The van der Waals surface area contributed by atoms with Crippen LogP contribution in [-0.2, 0) is 6.61 Å². The Labute approximate surface area is 109 Å². The Balaban J connectivity index is 2.13. The molecule has 0 aromatic heterocycles. The van der Waals surface area contributed by atoms with Gasteiger partial charge in [0, 0.05) is 6.07 Å². The summed E-state index contributed by atoms with van der Waals surface area (Å²) in [5.41, 5.74) is 5.99. The van der Waals surface area contributed by atoms with E-state index in [1.54, 1.807) is 12.1 Å². The highest BCUT2D eigenvalue weighted by Gasteiger charge is 2.09. The average molecular weight is 265 g/mol. The fourth-order valence-electron chi connectivity index (χ4n) is 1.63. The van der Waals surface area contributed by atoms with Crippen LogP contribution in [-0.4, -0.2) is 7.11 Å². The van der Waals surface area contributed by atoms with Crippen molar-refractivity contribution in [2.75, 3.05) is 12.8 Å². The molecule has 2 N–H and O–H groups in total. The van der Waals surface area contributed by atoms with Crippen molar-refractivity contribution in [3.8, 4) is 11.5 Å². The molecule has 0 saturated carbocycles. The maximum atomic E-state index is 13.4.